The average molecular weight is 316 g/mol. The van der Waals surface area contributed by atoms with Crippen molar-refractivity contribution < 1.29 is 0 Å². The van der Waals surface area contributed by atoms with Gasteiger partial charge in [0.25, 0.3) is 0 Å². The van der Waals surface area contributed by atoms with Crippen LogP contribution >= 0.6 is 0 Å². The van der Waals surface area contributed by atoms with Crippen molar-refractivity contribution in [2.24, 2.45) is 11.8 Å². The third-order valence-electron chi connectivity index (χ3n) is 5.43. The Labute approximate surface area is 145 Å². The van der Waals surface area contributed by atoms with Crippen LogP contribution in [-0.4, -0.2) is 17.5 Å². The lowest BCUT2D eigenvalue weighted by molar-refractivity contribution is 0.153. The minimum atomic E-state index is 0.603. The smallest absolute Gasteiger partial charge is 0.0286 e. The number of nitrogens with zero attached hydrogens (tertiary/aromatic N) is 1. The monoisotopic (exact) mass is 315 g/mol. The predicted octanol–water partition coefficient (Wildman–Crippen LogP) is 6.18. The second-order valence-corrected chi connectivity index (χ2v) is 7.26. The largest absolute Gasteiger partial charge is 0.372 e. The third-order valence-corrected chi connectivity index (χ3v) is 5.43. The molecule has 1 rings (SSSR count). The molecular formula is C22H37N. The van der Waals surface area contributed by atoms with Crippen LogP contribution in [0.15, 0.2) is 24.4 Å². The molecule has 0 bridgehead atoms. The van der Waals surface area contributed by atoms with Gasteiger partial charge < -0.3 is 4.90 Å². The van der Waals surface area contributed by atoms with Crippen molar-refractivity contribution >= 4 is 0 Å². The maximum atomic E-state index is 5.54. The van der Waals surface area contributed by atoms with Crippen molar-refractivity contribution in [3.05, 3.63) is 24.4 Å². The first kappa shape index (κ1) is 19.9. The Morgan fingerprint density at radius 3 is 2.65 bits per heavy atom. The molecule has 0 radical (unpaired) electrons. The van der Waals surface area contributed by atoms with E-state index in [1.54, 1.807) is 0 Å². The molecule has 1 heteroatoms. The lowest BCUT2D eigenvalue weighted by Gasteiger charge is -2.41. The highest BCUT2D eigenvalue weighted by molar-refractivity contribution is 5.01. The van der Waals surface area contributed by atoms with Crippen LogP contribution < -0.4 is 0 Å². The van der Waals surface area contributed by atoms with E-state index < -0.39 is 0 Å². The lowest BCUT2D eigenvalue weighted by Crippen LogP contribution is -2.40. The Bertz CT molecular complexity index is 397. The summed E-state index contributed by atoms with van der Waals surface area (Å²) in [4.78, 5) is 2.62. The number of rotatable bonds is 12. The maximum absolute atomic E-state index is 5.54. The number of allylic oxidation sites excluding steroid dienone is 3. The molecule has 2 atom stereocenters. The van der Waals surface area contributed by atoms with Gasteiger partial charge in [-0.25, -0.2) is 0 Å². The van der Waals surface area contributed by atoms with Crippen LogP contribution in [0.4, 0.5) is 0 Å². The Kier molecular flexibility index (Phi) is 9.85. The molecular weight excluding hydrogens is 278 g/mol. The average Bonchev–Trinajstić information content (AvgIpc) is 2.51. The summed E-state index contributed by atoms with van der Waals surface area (Å²) in [5.74, 6) is 4.26. The summed E-state index contributed by atoms with van der Waals surface area (Å²) < 4.78 is 0. The summed E-state index contributed by atoms with van der Waals surface area (Å²) in [7, 11) is 0. The summed E-state index contributed by atoms with van der Waals surface area (Å²) in [6, 6.07) is 0.758. The molecule has 130 valence electrons. The molecule has 1 fully saturated rings. The van der Waals surface area contributed by atoms with Gasteiger partial charge >= 0.3 is 0 Å². The highest BCUT2D eigenvalue weighted by Crippen LogP contribution is 2.30. The highest BCUT2D eigenvalue weighted by Gasteiger charge is 2.26. The summed E-state index contributed by atoms with van der Waals surface area (Å²) in [5.41, 5.74) is 1.35. The normalized spacial score (nSPS) is 17.5. The predicted molar refractivity (Wildman–Crippen MR) is 103 cm³/mol. The van der Waals surface area contributed by atoms with E-state index in [9.17, 15) is 0 Å². The van der Waals surface area contributed by atoms with Crippen LogP contribution in [0.2, 0.25) is 0 Å². The van der Waals surface area contributed by atoms with Gasteiger partial charge in [0.2, 0.25) is 0 Å². The molecule has 2 unspecified atom stereocenters. The molecule has 0 saturated heterocycles. The van der Waals surface area contributed by atoms with Gasteiger partial charge in [0, 0.05) is 24.7 Å². The van der Waals surface area contributed by atoms with E-state index in [4.69, 9.17) is 6.42 Å². The number of terminal acetylenes is 1. The van der Waals surface area contributed by atoms with Crippen LogP contribution in [0.5, 0.6) is 0 Å². The lowest BCUT2D eigenvalue weighted by atomic mass is 9.89. The van der Waals surface area contributed by atoms with Crippen LogP contribution in [0.1, 0.15) is 78.6 Å². The summed E-state index contributed by atoms with van der Waals surface area (Å²) >= 11 is 0. The Morgan fingerprint density at radius 1 is 1.39 bits per heavy atom. The fourth-order valence-corrected chi connectivity index (χ4v) is 3.17. The van der Waals surface area contributed by atoms with E-state index in [1.807, 2.05) is 0 Å². The quantitative estimate of drug-likeness (QED) is 0.307. The number of hydrogen-bond donors (Lipinski definition) is 0. The molecule has 1 saturated carbocycles. The molecule has 0 aliphatic heterocycles. The van der Waals surface area contributed by atoms with Crippen LogP contribution in [0, 0.1) is 24.2 Å². The molecule has 0 amide bonds. The summed E-state index contributed by atoms with van der Waals surface area (Å²) in [5, 5.41) is 0. The van der Waals surface area contributed by atoms with Crippen molar-refractivity contribution in [3.63, 3.8) is 0 Å². The maximum Gasteiger partial charge on any atom is 0.0286 e. The molecule has 0 aromatic carbocycles. The summed E-state index contributed by atoms with van der Waals surface area (Å²) in [6.45, 7) is 12.4. The third kappa shape index (κ3) is 7.30. The van der Waals surface area contributed by atoms with Gasteiger partial charge in [0.05, 0.1) is 0 Å². The van der Waals surface area contributed by atoms with E-state index in [0.717, 1.165) is 31.2 Å². The van der Waals surface area contributed by atoms with Gasteiger partial charge in [0.15, 0.2) is 0 Å². The standard InChI is InChI=1S/C22H37N/c1-6-9-12-21(11-7-2)16-15-20(5)23(22-13-10-14-22)18-17-19(4)8-3/h2,6,9,19,21-22H,5,8,10-18H2,1,3-4H3/b9-6-. The van der Waals surface area contributed by atoms with E-state index in [2.05, 4.69) is 50.3 Å². The van der Waals surface area contributed by atoms with E-state index in [0.29, 0.717) is 5.92 Å². The molecule has 0 heterocycles. The van der Waals surface area contributed by atoms with Gasteiger partial charge in [0.1, 0.15) is 0 Å². The topological polar surface area (TPSA) is 3.24 Å². The van der Waals surface area contributed by atoms with E-state index in [1.165, 1.54) is 50.8 Å². The molecule has 0 spiro atoms. The van der Waals surface area contributed by atoms with Gasteiger partial charge in [-0.15, -0.1) is 12.3 Å². The zero-order valence-electron chi connectivity index (χ0n) is 15.7. The zero-order chi connectivity index (χ0) is 17.1. The fourth-order valence-electron chi connectivity index (χ4n) is 3.17. The van der Waals surface area contributed by atoms with E-state index >= 15 is 0 Å². The minimum absolute atomic E-state index is 0.603. The van der Waals surface area contributed by atoms with Crippen molar-refractivity contribution in [2.45, 2.75) is 84.6 Å². The second-order valence-electron chi connectivity index (χ2n) is 7.26. The van der Waals surface area contributed by atoms with Crippen molar-refractivity contribution in [1.82, 2.24) is 4.90 Å². The SMILES string of the molecule is C#CCC(C/C=C\C)CCC(=C)N(CCC(C)CC)C1CCC1. The zero-order valence-corrected chi connectivity index (χ0v) is 15.7. The van der Waals surface area contributed by atoms with Crippen molar-refractivity contribution in [3.8, 4) is 12.3 Å². The Hall–Kier alpha value is -1.16. The van der Waals surface area contributed by atoms with Crippen molar-refractivity contribution in [1.29, 1.82) is 0 Å². The fraction of sp³-hybridized carbons (Fsp3) is 0.727. The molecule has 1 nitrogen and oxygen atoms in total. The van der Waals surface area contributed by atoms with Gasteiger partial charge in [-0.3, -0.25) is 0 Å². The highest BCUT2D eigenvalue weighted by atomic mass is 15.2. The Balaban J connectivity index is 2.49. The summed E-state index contributed by atoms with van der Waals surface area (Å²) in [6.07, 6.45) is 20.8. The first-order valence-electron chi connectivity index (χ1n) is 9.61. The molecule has 1 aliphatic rings. The van der Waals surface area contributed by atoms with E-state index in [-0.39, 0.29) is 0 Å². The second kappa shape index (κ2) is 11.4. The molecule has 1 aliphatic carbocycles. The molecule has 0 aromatic rings. The first-order chi connectivity index (χ1) is 11.1. The van der Waals surface area contributed by atoms with Crippen LogP contribution in [-0.2, 0) is 0 Å². The Morgan fingerprint density at radius 2 is 2.13 bits per heavy atom. The van der Waals surface area contributed by atoms with Gasteiger partial charge in [-0.1, -0.05) is 39.0 Å². The van der Waals surface area contributed by atoms with Crippen LogP contribution in [0.3, 0.4) is 0 Å². The molecule has 23 heavy (non-hydrogen) atoms. The number of hydrogen-bond acceptors (Lipinski definition) is 1. The molecule has 0 N–H and O–H groups in total. The molecule has 0 aromatic heterocycles. The minimum Gasteiger partial charge on any atom is -0.372 e. The van der Waals surface area contributed by atoms with Gasteiger partial charge in [-0.05, 0) is 63.7 Å². The first-order valence-corrected chi connectivity index (χ1v) is 9.61. The van der Waals surface area contributed by atoms with Crippen LogP contribution in [0.25, 0.3) is 0 Å². The van der Waals surface area contributed by atoms with Crippen molar-refractivity contribution in [2.75, 3.05) is 6.54 Å². The van der Waals surface area contributed by atoms with Gasteiger partial charge in [-0.2, -0.15) is 0 Å².